The number of hydrogen-bond acceptors (Lipinski definition) is 2. The van der Waals surface area contributed by atoms with Crippen molar-refractivity contribution in [3.63, 3.8) is 0 Å². The van der Waals surface area contributed by atoms with Crippen LogP contribution in [-0.2, 0) is 0 Å². The van der Waals surface area contributed by atoms with Crippen molar-refractivity contribution < 1.29 is 10.2 Å². The van der Waals surface area contributed by atoms with Gasteiger partial charge in [0.15, 0.2) is 0 Å². The third-order valence-electron chi connectivity index (χ3n) is 3.43. The molecule has 0 aliphatic heterocycles. The molecule has 0 heterocycles. The van der Waals surface area contributed by atoms with Gasteiger partial charge in [-0.1, -0.05) is 56.1 Å². The first-order valence-electron chi connectivity index (χ1n) is 6.63. The predicted octanol–water partition coefficient (Wildman–Crippen LogP) is 5.96. The summed E-state index contributed by atoms with van der Waals surface area (Å²) in [7, 11) is 0. The number of benzene rings is 3. The van der Waals surface area contributed by atoms with E-state index in [2.05, 4.69) is 31.9 Å². The molecular formula is C18H12Br2O2. The lowest BCUT2D eigenvalue weighted by Crippen LogP contribution is -1.87. The minimum absolute atomic E-state index is 0.137. The molecule has 0 aliphatic carbocycles. The van der Waals surface area contributed by atoms with Crippen molar-refractivity contribution in [3.8, 4) is 33.8 Å². The zero-order valence-corrected chi connectivity index (χ0v) is 14.6. The number of phenolic OH excluding ortho intramolecular Hbond substituents is 2. The number of hydrogen-bond donors (Lipinski definition) is 2. The first-order chi connectivity index (χ1) is 10.6. The predicted molar refractivity (Wildman–Crippen MR) is 96.0 cm³/mol. The van der Waals surface area contributed by atoms with Crippen LogP contribution in [0.3, 0.4) is 0 Å². The van der Waals surface area contributed by atoms with Gasteiger partial charge in [-0.3, -0.25) is 0 Å². The molecule has 3 aromatic rings. The van der Waals surface area contributed by atoms with Crippen molar-refractivity contribution in [1.82, 2.24) is 0 Å². The summed E-state index contributed by atoms with van der Waals surface area (Å²) in [6.07, 6.45) is 0. The number of rotatable bonds is 2. The summed E-state index contributed by atoms with van der Waals surface area (Å²) in [5.41, 5.74) is 2.92. The van der Waals surface area contributed by atoms with Crippen molar-refractivity contribution in [2.45, 2.75) is 0 Å². The normalized spacial score (nSPS) is 10.6. The highest BCUT2D eigenvalue weighted by Crippen LogP contribution is 2.44. The highest BCUT2D eigenvalue weighted by atomic mass is 79.9. The summed E-state index contributed by atoms with van der Waals surface area (Å²) < 4.78 is 1.92. The van der Waals surface area contributed by atoms with E-state index in [9.17, 15) is 10.2 Å². The Morgan fingerprint density at radius 3 is 1.14 bits per heavy atom. The van der Waals surface area contributed by atoms with Gasteiger partial charge in [-0.2, -0.15) is 0 Å². The van der Waals surface area contributed by atoms with E-state index in [4.69, 9.17) is 0 Å². The van der Waals surface area contributed by atoms with Gasteiger partial charge in [0.25, 0.3) is 0 Å². The maximum Gasteiger partial charge on any atom is 0.124 e. The summed E-state index contributed by atoms with van der Waals surface area (Å²) >= 11 is 6.81. The first-order valence-corrected chi connectivity index (χ1v) is 8.21. The second-order valence-electron chi connectivity index (χ2n) is 4.87. The molecule has 3 rings (SSSR count). The molecule has 3 aromatic carbocycles. The third kappa shape index (κ3) is 2.89. The Morgan fingerprint density at radius 2 is 0.818 bits per heavy atom. The molecule has 0 amide bonds. The molecule has 0 unspecified atom stereocenters. The lowest BCUT2D eigenvalue weighted by molar-refractivity contribution is 0.463. The van der Waals surface area contributed by atoms with Crippen molar-refractivity contribution in [1.29, 1.82) is 0 Å². The van der Waals surface area contributed by atoms with Crippen molar-refractivity contribution >= 4 is 31.9 Å². The van der Waals surface area contributed by atoms with Crippen molar-refractivity contribution in [2.75, 3.05) is 0 Å². The summed E-state index contributed by atoms with van der Waals surface area (Å²) in [5.74, 6) is 0.274. The minimum Gasteiger partial charge on any atom is -0.507 e. The highest BCUT2D eigenvalue weighted by molar-refractivity contribution is 9.10. The van der Waals surface area contributed by atoms with Gasteiger partial charge in [0.2, 0.25) is 0 Å². The van der Waals surface area contributed by atoms with Crippen LogP contribution in [0.2, 0.25) is 0 Å². The molecule has 0 aromatic heterocycles. The fourth-order valence-corrected chi connectivity index (χ4v) is 2.93. The van der Waals surface area contributed by atoms with Gasteiger partial charge in [0.05, 0.1) is 0 Å². The Morgan fingerprint density at radius 1 is 0.500 bits per heavy atom. The quantitative estimate of drug-likeness (QED) is 0.503. The third-order valence-corrected chi connectivity index (χ3v) is 4.48. The van der Waals surface area contributed by atoms with Gasteiger partial charge in [0, 0.05) is 20.1 Å². The van der Waals surface area contributed by atoms with E-state index < -0.39 is 0 Å². The standard InChI is InChI=1S/C18H12Br2O2/c19-13-5-1-11(2-6-13)17-15(21)9-10-16(22)18(17)12-3-7-14(20)8-4-12/h1-10,21-22H. The van der Waals surface area contributed by atoms with E-state index in [1.54, 1.807) is 0 Å². The van der Waals surface area contributed by atoms with E-state index in [0.717, 1.165) is 20.1 Å². The first kappa shape index (κ1) is 15.1. The van der Waals surface area contributed by atoms with Gasteiger partial charge in [0.1, 0.15) is 11.5 Å². The Kier molecular flexibility index (Phi) is 4.23. The summed E-state index contributed by atoms with van der Waals surface area (Å²) in [6.45, 7) is 0. The Hall–Kier alpha value is -1.78. The van der Waals surface area contributed by atoms with Crippen LogP contribution in [-0.4, -0.2) is 10.2 Å². The molecule has 0 saturated carbocycles. The van der Waals surface area contributed by atoms with Gasteiger partial charge in [-0.05, 0) is 47.5 Å². The highest BCUT2D eigenvalue weighted by Gasteiger charge is 2.16. The maximum absolute atomic E-state index is 10.3. The molecule has 0 fully saturated rings. The Labute approximate surface area is 145 Å². The molecule has 110 valence electrons. The van der Waals surface area contributed by atoms with Gasteiger partial charge < -0.3 is 10.2 Å². The van der Waals surface area contributed by atoms with E-state index in [0.29, 0.717) is 11.1 Å². The van der Waals surface area contributed by atoms with Crippen LogP contribution in [0, 0.1) is 0 Å². The second-order valence-corrected chi connectivity index (χ2v) is 6.70. The summed E-state index contributed by atoms with van der Waals surface area (Å²) in [5, 5.41) is 20.6. The maximum atomic E-state index is 10.3. The molecule has 0 radical (unpaired) electrons. The van der Waals surface area contributed by atoms with Crippen LogP contribution in [0.4, 0.5) is 0 Å². The Bertz CT molecular complexity index is 739. The minimum atomic E-state index is 0.137. The zero-order chi connectivity index (χ0) is 15.7. The average Bonchev–Trinajstić information content (AvgIpc) is 2.51. The molecule has 2 N–H and O–H groups in total. The smallest absolute Gasteiger partial charge is 0.124 e. The lowest BCUT2D eigenvalue weighted by Gasteiger charge is -2.14. The average molecular weight is 420 g/mol. The molecule has 0 saturated heterocycles. The number of halogens is 2. The largest absolute Gasteiger partial charge is 0.507 e. The molecular weight excluding hydrogens is 408 g/mol. The topological polar surface area (TPSA) is 40.5 Å². The number of phenols is 2. The molecule has 2 nitrogen and oxygen atoms in total. The van der Waals surface area contributed by atoms with Crippen molar-refractivity contribution in [2.24, 2.45) is 0 Å². The van der Waals surface area contributed by atoms with Crippen LogP contribution in [0.25, 0.3) is 22.3 Å². The molecule has 0 atom stereocenters. The van der Waals surface area contributed by atoms with Crippen LogP contribution in [0.1, 0.15) is 0 Å². The van der Waals surface area contributed by atoms with Crippen LogP contribution < -0.4 is 0 Å². The number of aromatic hydroxyl groups is 2. The van der Waals surface area contributed by atoms with E-state index >= 15 is 0 Å². The monoisotopic (exact) mass is 418 g/mol. The van der Waals surface area contributed by atoms with Gasteiger partial charge in [-0.25, -0.2) is 0 Å². The van der Waals surface area contributed by atoms with Crippen LogP contribution >= 0.6 is 31.9 Å². The molecule has 0 bridgehead atoms. The summed E-state index contributed by atoms with van der Waals surface area (Å²) in [4.78, 5) is 0. The lowest BCUT2D eigenvalue weighted by atomic mass is 9.93. The summed E-state index contributed by atoms with van der Waals surface area (Å²) in [6, 6.07) is 18.3. The zero-order valence-electron chi connectivity index (χ0n) is 11.4. The van der Waals surface area contributed by atoms with Crippen molar-refractivity contribution in [3.05, 3.63) is 69.6 Å². The molecule has 22 heavy (non-hydrogen) atoms. The Balaban J connectivity index is 2.27. The van der Waals surface area contributed by atoms with Gasteiger partial charge >= 0.3 is 0 Å². The van der Waals surface area contributed by atoms with Gasteiger partial charge in [-0.15, -0.1) is 0 Å². The van der Waals surface area contributed by atoms with Crippen LogP contribution in [0.5, 0.6) is 11.5 Å². The second kappa shape index (κ2) is 6.15. The van der Waals surface area contributed by atoms with E-state index in [1.807, 2.05) is 48.5 Å². The van der Waals surface area contributed by atoms with E-state index in [-0.39, 0.29) is 11.5 Å². The SMILES string of the molecule is Oc1ccc(O)c(-c2ccc(Br)cc2)c1-c1ccc(Br)cc1. The van der Waals surface area contributed by atoms with E-state index in [1.165, 1.54) is 12.1 Å². The fraction of sp³-hybridized carbons (Fsp3) is 0. The van der Waals surface area contributed by atoms with Crippen LogP contribution in [0.15, 0.2) is 69.6 Å². The fourth-order valence-electron chi connectivity index (χ4n) is 2.40. The molecule has 0 aliphatic rings. The molecule has 4 heteroatoms. The molecule has 0 spiro atoms.